The lowest BCUT2D eigenvalue weighted by atomic mass is 10.1. The second kappa shape index (κ2) is 11.2. The molecule has 20 heteroatoms. The van der Waals surface area contributed by atoms with Crippen molar-refractivity contribution in [2.24, 2.45) is 5.92 Å². The van der Waals surface area contributed by atoms with E-state index >= 15 is 0 Å². The van der Waals surface area contributed by atoms with Gasteiger partial charge < -0.3 is 39.5 Å². The molecular weight excluding hydrogens is 569 g/mol. The summed E-state index contributed by atoms with van der Waals surface area (Å²) in [7, 11) is -1.99. The molecule has 2 unspecified atom stereocenters. The first kappa shape index (κ1) is 28.1. The van der Waals surface area contributed by atoms with Gasteiger partial charge in [0, 0.05) is 13.7 Å². The molecule has 220 valence electrons. The molecule has 3 atom stereocenters. The van der Waals surface area contributed by atoms with Gasteiger partial charge in [0.2, 0.25) is 11.9 Å². The normalized spacial score (nSPS) is 20.3. The Hall–Kier alpha value is -4.45. The van der Waals surface area contributed by atoms with Gasteiger partial charge in [0.1, 0.15) is 25.3 Å². The third kappa shape index (κ3) is 5.87. The quantitative estimate of drug-likeness (QED) is 0.201. The number of aromatic amines is 1. The minimum atomic E-state index is -4.78. The zero-order valence-electron chi connectivity index (χ0n) is 21.8. The van der Waals surface area contributed by atoms with Gasteiger partial charge in [-0.3, -0.25) is 19.2 Å². The number of hydrogen-bond donors (Lipinski definition) is 4. The number of nitrogens with one attached hydrogen (secondary N) is 1. The standard InChI is InChI=1S/C21H26N9O10P/c1-35-6-13-16(10(5-37-13)4-29-8-24-15-17(29)26-20(23)27-18(15)31)40-41(33,34)38-7-12-11(36-2)3-14(39-12)30-9-25-19(22)28-21(30)32/h8-10,14H,3-7H2,1-2H3,(H,33,34)(H2,22,28,32)(H3,23,26,27,31)/t10?,14-/m1/s1. The highest BCUT2D eigenvalue weighted by Gasteiger charge is 2.38. The van der Waals surface area contributed by atoms with E-state index in [9.17, 15) is 19.0 Å². The molecule has 19 nitrogen and oxygen atoms in total. The Bertz CT molecular complexity index is 1700. The summed E-state index contributed by atoms with van der Waals surface area (Å²) in [6.45, 7) is -0.413. The fourth-order valence-electron chi connectivity index (χ4n) is 4.28. The predicted octanol–water partition coefficient (Wildman–Crippen LogP) is -0.649. The van der Waals surface area contributed by atoms with E-state index in [1.165, 1.54) is 26.9 Å². The number of phosphoric acid groups is 1. The van der Waals surface area contributed by atoms with Crippen LogP contribution in [0.2, 0.25) is 0 Å². The van der Waals surface area contributed by atoms with Crippen molar-refractivity contribution < 1.29 is 37.5 Å². The topological polar surface area (TPSA) is 256 Å². The Balaban J connectivity index is 1.30. The van der Waals surface area contributed by atoms with Crippen molar-refractivity contribution in [1.29, 1.82) is 0 Å². The number of nitrogen functional groups attached to an aromatic ring is 2. The van der Waals surface area contributed by atoms with E-state index in [2.05, 4.69) is 24.9 Å². The number of imidazole rings is 1. The van der Waals surface area contributed by atoms with Crippen molar-refractivity contribution in [2.45, 2.75) is 19.2 Å². The van der Waals surface area contributed by atoms with Crippen molar-refractivity contribution in [3.05, 3.63) is 56.5 Å². The van der Waals surface area contributed by atoms with Crippen LogP contribution < -0.4 is 22.7 Å². The van der Waals surface area contributed by atoms with Crippen LogP contribution >= 0.6 is 7.82 Å². The number of nitrogens with zero attached hydrogens (tertiary/aromatic N) is 6. The molecule has 0 saturated carbocycles. The summed E-state index contributed by atoms with van der Waals surface area (Å²) in [5.41, 5.74) is 10.2. The van der Waals surface area contributed by atoms with Gasteiger partial charge in [-0.1, -0.05) is 0 Å². The fraction of sp³-hybridized carbons (Fsp3) is 0.429. The molecule has 0 radical (unpaired) electrons. The molecule has 5 heterocycles. The average molecular weight is 595 g/mol. The fourth-order valence-corrected chi connectivity index (χ4v) is 5.11. The third-order valence-electron chi connectivity index (χ3n) is 6.11. The number of methoxy groups -OCH3 is 2. The minimum Gasteiger partial charge on any atom is -0.497 e. The highest BCUT2D eigenvalue weighted by atomic mass is 31.2. The Labute approximate surface area is 229 Å². The molecule has 2 aliphatic heterocycles. The number of fused-ring (bicyclic) bond motifs is 1. The van der Waals surface area contributed by atoms with E-state index in [4.69, 9.17) is 39.5 Å². The molecule has 0 spiro atoms. The lowest BCUT2D eigenvalue weighted by molar-refractivity contribution is 0.0551. The molecule has 0 fully saturated rings. The van der Waals surface area contributed by atoms with E-state index in [0.717, 1.165) is 4.57 Å². The Kier molecular flexibility index (Phi) is 7.68. The molecule has 0 saturated heterocycles. The number of aromatic nitrogens is 7. The van der Waals surface area contributed by atoms with Gasteiger partial charge in [0.25, 0.3) is 5.56 Å². The first-order valence-corrected chi connectivity index (χ1v) is 13.4. The van der Waals surface area contributed by atoms with Crippen LogP contribution in [-0.4, -0.2) is 73.0 Å². The third-order valence-corrected chi connectivity index (χ3v) is 7.00. The van der Waals surface area contributed by atoms with E-state index < -0.39 is 37.8 Å². The minimum absolute atomic E-state index is 0.00841. The summed E-state index contributed by atoms with van der Waals surface area (Å²) in [6, 6.07) is 0. The van der Waals surface area contributed by atoms with Crippen LogP contribution in [0.5, 0.6) is 0 Å². The van der Waals surface area contributed by atoms with Gasteiger partial charge in [0.15, 0.2) is 34.7 Å². The highest BCUT2D eigenvalue weighted by molar-refractivity contribution is 7.47. The summed E-state index contributed by atoms with van der Waals surface area (Å²) in [5.74, 6) is -0.380. The largest absolute Gasteiger partial charge is 0.527 e. The Morgan fingerprint density at radius 2 is 1.98 bits per heavy atom. The molecular formula is C21H26N9O10P. The van der Waals surface area contributed by atoms with Crippen molar-refractivity contribution in [3.8, 4) is 0 Å². The smallest absolute Gasteiger partial charge is 0.497 e. The molecule has 2 aliphatic rings. The second-order valence-electron chi connectivity index (χ2n) is 8.81. The Morgan fingerprint density at radius 1 is 1.17 bits per heavy atom. The van der Waals surface area contributed by atoms with Gasteiger partial charge in [-0.15, -0.1) is 0 Å². The molecule has 5 rings (SSSR count). The maximum Gasteiger partial charge on any atom is 0.527 e. The first-order chi connectivity index (χ1) is 19.6. The maximum atomic E-state index is 13.0. The molecule has 41 heavy (non-hydrogen) atoms. The van der Waals surface area contributed by atoms with Gasteiger partial charge in [-0.05, 0) is 0 Å². The number of phosphoric ester groups is 1. The zero-order valence-corrected chi connectivity index (χ0v) is 22.6. The van der Waals surface area contributed by atoms with E-state index in [0.29, 0.717) is 0 Å². The second-order valence-corrected chi connectivity index (χ2v) is 10.2. The maximum absolute atomic E-state index is 13.0. The van der Waals surface area contributed by atoms with Crippen molar-refractivity contribution >= 4 is 30.9 Å². The molecule has 0 amide bonds. The van der Waals surface area contributed by atoms with Crippen LogP contribution in [0.25, 0.3) is 11.2 Å². The van der Waals surface area contributed by atoms with Gasteiger partial charge in [-0.2, -0.15) is 9.97 Å². The van der Waals surface area contributed by atoms with Crippen LogP contribution in [0.3, 0.4) is 0 Å². The van der Waals surface area contributed by atoms with Crippen LogP contribution in [0.4, 0.5) is 11.9 Å². The monoisotopic (exact) mass is 595 g/mol. The number of hydrogen-bond acceptors (Lipinski definition) is 15. The Morgan fingerprint density at radius 3 is 2.71 bits per heavy atom. The number of ether oxygens (including phenoxy) is 4. The SMILES string of the molecule is COCC1=C(OP(=O)(O)OCC2=C(OC)C[C@H](n3cnc(N)nc3=O)O2)C(Cn2cnc3c(=O)[nH]c(N)nc32)CO1. The summed E-state index contributed by atoms with van der Waals surface area (Å²) < 4.78 is 48.2. The number of anilines is 2. The molecule has 6 N–H and O–H groups in total. The zero-order chi connectivity index (χ0) is 29.3. The van der Waals surface area contributed by atoms with E-state index in [1.54, 1.807) is 4.57 Å². The van der Waals surface area contributed by atoms with E-state index in [-0.39, 0.29) is 72.3 Å². The van der Waals surface area contributed by atoms with Crippen LogP contribution in [-0.2, 0) is 39.1 Å². The molecule has 0 bridgehead atoms. The molecule has 3 aromatic heterocycles. The highest BCUT2D eigenvalue weighted by Crippen LogP contribution is 2.50. The van der Waals surface area contributed by atoms with Gasteiger partial charge in [0.05, 0.1) is 32.4 Å². The number of rotatable bonds is 11. The summed E-state index contributed by atoms with van der Waals surface area (Å²) in [5, 5.41) is 0. The van der Waals surface area contributed by atoms with Gasteiger partial charge >= 0.3 is 13.5 Å². The van der Waals surface area contributed by atoms with E-state index in [1.807, 2.05) is 0 Å². The number of H-pyrrole nitrogens is 1. The molecule has 3 aromatic rings. The number of nitrogens with two attached hydrogens (primary N) is 2. The average Bonchev–Trinajstić information content (AvgIpc) is 3.61. The first-order valence-electron chi connectivity index (χ1n) is 11.9. The van der Waals surface area contributed by atoms with Crippen molar-refractivity contribution in [2.75, 3.05) is 45.5 Å². The molecule has 0 aromatic carbocycles. The predicted molar refractivity (Wildman–Crippen MR) is 137 cm³/mol. The van der Waals surface area contributed by atoms with Crippen molar-refractivity contribution in [1.82, 2.24) is 34.1 Å². The lowest BCUT2D eigenvalue weighted by Crippen LogP contribution is -2.28. The van der Waals surface area contributed by atoms with Crippen LogP contribution in [0.1, 0.15) is 12.6 Å². The summed E-state index contributed by atoms with van der Waals surface area (Å²) >= 11 is 0. The lowest BCUT2D eigenvalue weighted by Gasteiger charge is -2.19. The molecule has 0 aliphatic carbocycles. The van der Waals surface area contributed by atoms with Crippen molar-refractivity contribution in [3.63, 3.8) is 0 Å². The summed E-state index contributed by atoms with van der Waals surface area (Å²) in [6.07, 6.45) is 1.76. The summed E-state index contributed by atoms with van der Waals surface area (Å²) in [4.78, 5) is 52.8. The van der Waals surface area contributed by atoms with Crippen LogP contribution in [0.15, 0.2) is 45.3 Å². The van der Waals surface area contributed by atoms with Gasteiger partial charge in [-0.25, -0.2) is 23.9 Å². The van der Waals surface area contributed by atoms with Crippen LogP contribution in [0, 0.1) is 5.92 Å².